The molecule has 2 heterocycles. The first-order valence-electron chi connectivity index (χ1n) is 8.04. The van der Waals surface area contributed by atoms with Crippen LogP contribution in [0.2, 0.25) is 0 Å². The van der Waals surface area contributed by atoms with E-state index in [2.05, 4.69) is 57.8 Å². The quantitative estimate of drug-likeness (QED) is 0.378. The molecule has 2 N–H and O–H groups in total. The Morgan fingerprint density at radius 1 is 1.33 bits per heavy atom. The summed E-state index contributed by atoms with van der Waals surface area (Å²) in [5.74, 6) is 1.30. The molecule has 0 atom stereocenters. The average molecular weight is 459 g/mol. The van der Waals surface area contributed by atoms with Crippen molar-refractivity contribution in [1.82, 2.24) is 20.6 Å². The van der Waals surface area contributed by atoms with E-state index < -0.39 is 0 Å². The molecule has 0 aliphatic carbocycles. The molecule has 0 bridgehead atoms. The first-order chi connectivity index (χ1) is 11.2. The van der Waals surface area contributed by atoms with Crippen LogP contribution < -0.4 is 10.6 Å². The van der Waals surface area contributed by atoms with Gasteiger partial charge in [-0.1, -0.05) is 19.9 Å². The van der Waals surface area contributed by atoms with E-state index in [0.29, 0.717) is 12.5 Å². The number of rotatable bonds is 7. The van der Waals surface area contributed by atoms with Gasteiger partial charge < -0.3 is 10.6 Å². The van der Waals surface area contributed by atoms with Crippen LogP contribution in [0.5, 0.6) is 0 Å². The maximum Gasteiger partial charge on any atom is 0.191 e. The Balaban J connectivity index is 0.00000288. The van der Waals surface area contributed by atoms with Crippen molar-refractivity contribution in [2.45, 2.75) is 39.7 Å². The first kappa shape index (κ1) is 20.8. The predicted molar refractivity (Wildman–Crippen MR) is 112 cm³/mol. The fraction of sp³-hybridized carbons (Fsp3) is 0.471. The molecule has 2 aromatic rings. The van der Waals surface area contributed by atoms with Gasteiger partial charge in [-0.2, -0.15) is 0 Å². The van der Waals surface area contributed by atoms with Crippen molar-refractivity contribution < 1.29 is 0 Å². The fourth-order valence-corrected chi connectivity index (χ4v) is 2.90. The van der Waals surface area contributed by atoms with Crippen molar-refractivity contribution in [3.63, 3.8) is 0 Å². The van der Waals surface area contributed by atoms with Crippen LogP contribution in [0.15, 0.2) is 34.9 Å². The van der Waals surface area contributed by atoms with Crippen molar-refractivity contribution in [3.8, 4) is 0 Å². The average Bonchev–Trinajstić information content (AvgIpc) is 3.03. The first-order valence-corrected chi connectivity index (χ1v) is 8.92. The van der Waals surface area contributed by atoms with Gasteiger partial charge in [-0.3, -0.25) is 4.98 Å². The Bertz CT molecular complexity index is 612. The molecule has 0 saturated heterocycles. The van der Waals surface area contributed by atoms with Gasteiger partial charge in [0.05, 0.1) is 12.2 Å². The van der Waals surface area contributed by atoms with Gasteiger partial charge in [-0.15, -0.1) is 35.3 Å². The minimum atomic E-state index is 0. The Labute approximate surface area is 165 Å². The highest BCUT2D eigenvalue weighted by Gasteiger charge is 2.05. The number of aromatic nitrogens is 2. The highest BCUT2D eigenvalue weighted by Crippen LogP contribution is 2.18. The smallest absolute Gasteiger partial charge is 0.191 e. The van der Waals surface area contributed by atoms with E-state index in [4.69, 9.17) is 0 Å². The molecular formula is C17H26IN5S. The zero-order chi connectivity index (χ0) is 16.5. The minimum absolute atomic E-state index is 0. The highest BCUT2D eigenvalue weighted by atomic mass is 127. The zero-order valence-electron chi connectivity index (χ0n) is 14.5. The SMILES string of the molecule is CCNC(=NCc1nc(C(C)C)cs1)NCCc1cccnc1.I. The number of hydrogen-bond acceptors (Lipinski definition) is 4. The third-order valence-electron chi connectivity index (χ3n) is 3.31. The molecule has 7 heteroatoms. The summed E-state index contributed by atoms with van der Waals surface area (Å²) in [6.07, 6.45) is 4.61. The number of halogens is 1. The molecule has 0 aliphatic rings. The van der Waals surface area contributed by atoms with Gasteiger partial charge in [0.25, 0.3) is 0 Å². The lowest BCUT2D eigenvalue weighted by molar-refractivity contribution is 0.792. The molecule has 2 aromatic heterocycles. The number of hydrogen-bond donors (Lipinski definition) is 2. The van der Waals surface area contributed by atoms with Gasteiger partial charge in [0, 0.05) is 30.9 Å². The second kappa shape index (κ2) is 11.4. The van der Waals surface area contributed by atoms with Crippen LogP contribution in [0, 0.1) is 0 Å². The molecule has 0 radical (unpaired) electrons. The molecule has 0 unspecified atom stereocenters. The van der Waals surface area contributed by atoms with Crippen molar-refractivity contribution in [2.24, 2.45) is 4.99 Å². The monoisotopic (exact) mass is 459 g/mol. The van der Waals surface area contributed by atoms with E-state index in [-0.39, 0.29) is 24.0 Å². The van der Waals surface area contributed by atoms with Crippen LogP contribution in [0.25, 0.3) is 0 Å². The van der Waals surface area contributed by atoms with Gasteiger partial charge in [0.2, 0.25) is 0 Å². The second-order valence-corrected chi connectivity index (χ2v) is 6.50. The van der Waals surface area contributed by atoms with Gasteiger partial charge >= 0.3 is 0 Å². The molecule has 0 spiro atoms. The summed E-state index contributed by atoms with van der Waals surface area (Å²) in [5.41, 5.74) is 2.37. The Kier molecular flexibility index (Phi) is 9.85. The lowest BCUT2D eigenvalue weighted by Gasteiger charge is -2.10. The number of pyridine rings is 1. The predicted octanol–water partition coefficient (Wildman–Crippen LogP) is 3.58. The molecule has 0 aliphatic heterocycles. The molecule has 5 nitrogen and oxygen atoms in total. The van der Waals surface area contributed by atoms with Crippen LogP contribution in [0.1, 0.15) is 43.0 Å². The lowest BCUT2D eigenvalue weighted by atomic mass is 10.2. The number of thiazole rings is 1. The topological polar surface area (TPSA) is 62.2 Å². The van der Waals surface area contributed by atoms with Crippen molar-refractivity contribution in [2.75, 3.05) is 13.1 Å². The highest BCUT2D eigenvalue weighted by molar-refractivity contribution is 14.0. The molecule has 0 saturated carbocycles. The summed E-state index contributed by atoms with van der Waals surface area (Å²) in [7, 11) is 0. The molecule has 132 valence electrons. The van der Waals surface area contributed by atoms with Crippen LogP contribution in [0.3, 0.4) is 0 Å². The third kappa shape index (κ3) is 7.12. The van der Waals surface area contributed by atoms with E-state index in [1.165, 1.54) is 5.56 Å². The van der Waals surface area contributed by atoms with Gasteiger partial charge in [0.1, 0.15) is 5.01 Å². The van der Waals surface area contributed by atoms with Crippen LogP contribution in [-0.4, -0.2) is 29.0 Å². The largest absolute Gasteiger partial charge is 0.357 e. The fourth-order valence-electron chi connectivity index (χ4n) is 2.02. The van der Waals surface area contributed by atoms with Crippen LogP contribution in [-0.2, 0) is 13.0 Å². The molecule has 0 amide bonds. The van der Waals surface area contributed by atoms with E-state index in [1.54, 1.807) is 17.5 Å². The summed E-state index contributed by atoms with van der Waals surface area (Å²) >= 11 is 1.68. The van der Waals surface area contributed by atoms with E-state index in [1.807, 2.05) is 12.3 Å². The number of guanidine groups is 1. The van der Waals surface area contributed by atoms with Gasteiger partial charge in [-0.25, -0.2) is 9.98 Å². The van der Waals surface area contributed by atoms with Gasteiger partial charge in [0.15, 0.2) is 5.96 Å². The van der Waals surface area contributed by atoms with E-state index in [9.17, 15) is 0 Å². The molecule has 24 heavy (non-hydrogen) atoms. The maximum atomic E-state index is 4.62. The van der Waals surface area contributed by atoms with Crippen molar-refractivity contribution >= 4 is 41.3 Å². The lowest BCUT2D eigenvalue weighted by Crippen LogP contribution is -2.38. The Morgan fingerprint density at radius 2 is 2.17 bits per heavy atom. The Morgan fingerprint density at radius 3 is 2.79 bits per heavy atom. The summed E-state index contributed by atoms with van der Waals surface area (Å²) in [6.45, 7) is 8.66. The molecule has 2 rings (SSSR count). The Hall–Kier alpha value is -1.22. The summed E-state index contributed by atoms with van der Waals surface area (Å²) in [5, 5.41) is 9.80. The summed E-state index contributed by atoms with van der Waals surface area (Å²) in [4.78, 5) is 13.4. The zero-order valence-corrected chi connectivity index (χ0v) is 17.6. The molecule has 0 fully saturated rings. The van der Waals surface area contributed by atoms with E-state index >= 15 is 0 Å². The third-order valence-corrected chi connectivity index (χ3v) is 4.16. The van der Waals surface area contributed by atoms with Gasteiger partial charge in [-0.05, 0) is 30.9 Å². The van der Waals surface area contributed by atoms with Crippen molar-refractivity contribution in [3.05, 3.63) is 46.2 Å². The summed E-state index contributed by atoms with van der Waals surface area (Å²) < 4.78 is 0. The molecular weight excluding hydrogens is 433 g/mol. The van der Waals surface area contributed by atoms with Crippen molar-refractivity contribution in [1.29, 1.82) is 0 Å². The maximum absolute atomic E-state index is 4.62. The van der Waals surface area contributed by atoms with Crippen LogP contribution >= 0.6 is 35.3 Å². The molecule has 0 aromatic carbocycles. The number of nitrogens with one attached hydrogen (secondary N) is 2. The van der Waals surface area contributed by atoms with E-state index in [0.717, 1.165) is 36.2 Å². The normalized spacial score (nSPS) is 11.2. The number of aliphatic imine (C=N–C) groups is 1. The summed E-state index contributed by atoms with van der Waals surface area (Å²) in [6, 6.07) is 4.05. The standard InChI is InChI=1S/C17H25N5S.HI/c1-4-19-17(20-9-7-14-6-5-8-18-10-14)21-11-16-22-15(12-23-16)13(2)3;/h5-6,8,10,12-13H,4,7,9,11H2,1-3H3,(H2,19,20,21);1H. The minimum Gasteiger partial charge on any atom is -0.357 e. The number of nitrogens with zero attached hydrogens (tertiary/aromatic N) is 3. The second-order valence-electron chi connectivity index (χ2n) is 5.55. The van der Waals surface area contributed by atoms with Crippen LogP contribution in [0.4, 0.5) is 0 Å².